The van der Waals surface area contributed by atoms with Crippen molar-refractivity contribution in [2.75, 3.05) is 13.1 Å². The van der Waals surface area contributed by atoms with Gasteiger partial charge in [-0.15, -0.1) is 5.10 Å². The monoisotopic (exact) mass is 365 g/mol. The molecule has 0 spiro atoms. The smallest absolute Gasteiger partial charge is 0.247 e. The van der Waals surface area contributed by atoms with E-state index in [0.29, 0.717) is 5.92 Å². The highest BCUT2D eigenvalue weighted by atomic mass is 16.2. The lowest BCUT2D eigenvalue weighted by molar-refractivity contribution is -0.135. The van der Waals surface area contributed by atoms with Crippen molar-refractivity contribution in [2.24, 2.45) is 0 Å². The third-order valence-corrected chi connectivity index (χ3v) is 5.23. The maximum absolute atomic E-state index is 12.7. The van der Waals surface area contributed by atoms with Crippen LogP contribution in [0.4, 0.5) is 0 Å². The first-order valence-electron chi connectivity index (χ1n) is 9.28. The standard InChI is InChI=1S/C19H23N7O/c1-15(26-14-21-22-23-26)19(27)24-10-7-17(8-11-24)18-20-9-12-25(18)13-16-5-3-2-4-6-16/h2-6,9,12,14-15,17H,7-8,10-11,13H2,1H3/t15-/m0/s1. The second-order valence-electron chi connectivity index (χ2n) is 6.96. The summed E-state index contributed by atoms with van der Waals surface area (Å²) < 4.78 is 3.72. The largest absolute Gasteiger partial charge is 0.341 e. The molecule has 2 aromatic heterocycles. The van der Waals surface area contributed by atoms with Crippen LogP contribution in [-0.2, 0) is 11.3 Å². The Morgan fingerprint density at radius 3 is 2.70 bits per heavy atom. The van der Waals surface area contributed by atoms with Gasteiger partial charge in [-0.25, -0.2) is 9.67 Å². The molecular weight excluding hydrogens is 342 g/mol. The average Bonchev–Trinajstić information content (AvgIpc) is 3.40. The zero-order valence-corrected chi connectivity index (χ0v) is 15.3. The minimum Gasteiger partial charge on any atom is -0.341 e. The van der Waals surface area contributed by atoms with E-state index in [1.807, 2.05) is 30.3 Å². The number of tetrazole rings is 1. The SMILES string of the molecule is C[C@@H](C(=O)N1CCC(c2nccn2Cc2ccccc2)CC1)n1cnnn1. The second kappa shape index (κ2) is 7.69. The van der Waals surface area contributed by atoms with E-state index in [9.17, 15) is 4.79 Å². The Bertz CT molecular complexity index is 867. The van der Waals surface area contributed by atoms with Crippen LogP contribution in [0.1, 0.15) is 43.1 Å². The number of hydrogen-bond acceptors (Lipinski definition) is 5. The number of nitrogens with zero attached hydrogens (tertiary/aromatic N) is 7. The molecule has 8 heteroatoms. The lowest BCUT2D eigenvalue weighted by atomic mass is 9.95. The van der Waals surface area contributed by atoms with Crippen molar-refractivity contribution in [1.29, 1.82) is 0 Å². The molecule has 3 aromatic rings. The predicted molar refractivity (Wildman–Crippen MR) is 98.9 cm³/mol. The number of amides is 1. The minimum atomic E-state index is -0.378. The summed E-state index contributed by atoms with van der Waals surface area (Å²) in [4.78, 5) is 19.2. The third kappa shape index (κ3) is 3.74. The summed E-state index contributed by atoms with van der Waals surface area (Å²) in [6, 6.07) is 10.0. The van der Waals surface area contributed by atoms with Gasteiger partial charge >= 0.3 is 0 Å². The van der Waals surface area contributed by atoms with Crippen molar-refractivity contribution >= 4 is 5.91 Å². The van der Waals surface area contributed by atoms with Crippen molar-refractivity contribution in [2.45, 2.75) is 38.3 Å². The van der Waals surface area contributed by atoms with Gasteiger partial charge in [-0.2, -0.15) is 0 Å². The zero-order chi connectivity index (χ0) is 18.6. The fraction of sp³-hybridized carbons (Fsp3) is 0.421. The number of carbonyl (C=O) groups excluding carboxylic acids is 1. The summed E-state index contributed by atoms with van der Waals surface area (Å²) in [6.45, 7) is 4.12. The first-order chi connectivity index (χ1) is 13.2. The van der Waals surface area contributed by atoms with E-state index >= 15 is 0 Å². The molecule has 1 atom stereocenters. The molecule has 0 unspecified atom stereocenters. The number of benzene rings is 1. The number of carbonyl (C=O) groups is 1. The Kier molecular flexibility index (Phi) is 4.95. The van der Waals surface area contributed by atoms with Crippen molar-refractivity contribution < 1.29 is 4.79 Å². The molecule has 3 heterocycles. The molecule has 0 aliphatic carbocycles. The summed E-state index contributed by atoms with van der Waals surface area (Å²) in [5, 5.41) is 11.1. The van der Waals surface area contributed by atoms with E-state index in [4.69, 9.17) is 0 Å². The van der Waals surface area contributed by atoms with Crippen molar-refractivity contribution in [1.82, 2.24) is 34.7 Å². The molecule has 140 valence electrons. The Hall–Kier alpha value is -3.03. The first kappa shape index (κ1) is 17.4. The Labute approximate surface area is 157 Å². The van der Waals surface area contributed by atoms with Crippen LogP contribution in [0.2, 0.25) is 0 Å². The number of piperidine rings is 1. The number of rotatable bonds is 5. The molecule has 27 heavy (non-hydrogen) atoms. The molecule has 0 radical (unpaired) electrons. The Morgan fingerprint density at radius 1 is 1.22 bits per heavy atom. The summed E-state index contributed by atoms with van der Waals surface area (Å²) in [5.41, 5.74) is 1.26. The zero-order valence-electron chi connectivity index (χ0n) is 15.3. The molecule has 1 saturated heterocycles. The summed E-state index contributed by atoms with van der Waals surface area (Å²) >= 11 is 0. The Balaban J connectivity index is 1.39. The van der Waals surface area contributed by atoms with E-state index in [2.05, 4.69) is 49.3 Å². The van der Waals surface area contributed by atoms with Gasteiger partial charge in [-0.3, -0.25) is 4.79 Å². The predicted octanol–water partition coefficient (Wildman–Crippen LogP) is 1.89. The number of likely N-dealkylation sites (tertiary alicyclic amines) is 1. The van der Waals surface area contributed by atoms with Crippen LogP contribution < -0.4 is 0 Å². The van der Waals surface area contributed by atoms with Gasteiger partial charge in [-0.05, 0) is 35.8 Å². The fourth-order valence-electron chi connectivity index (χ4n) is 3.68. The molecule has 0 saturated carbocycles. The molecule has 1 aliphatic rings. The maximum atomic E-state index is 12.7. The van der Waals surface area contributed by atoms with E-state index in [1.54, 1.807) is 0 Å². The van der Waals surface area contributed by atoms with E-state index in [1.165, 1.54) is 16.6 Å². The Morgan fingerprint density at radius 2 is 2.00 bits per heavy atom. The topological polar surface area (TPSA) is 81.7 Å². The van der Waals surface area contributed by atoms with Crippen LogP contribution >= 0.6 is 0 Å². The number of aromatic nitrogens is 6. The summed E-state index contributed by atoms with van der Waals surface area (Å²) in [5.74, 6) is 1.55. The van der Waals surface area contributed by atoms with Gasteiger partial charge in [0, 0.05) is 37.9 Å². The quantitative estimate of drug-likeness (QED) is 0.690. The van der Waals surface area contributed by atoms with Crippen LogP contribution in [0.5, 0.6) is 0 Å². The van der Waals surface area contributed by atoms with Crippen LogP contribution in [0.25, 0.3) is 0 Å². The first-order valence-corrected chi connectivity index (χ1v) is 9.28. The van der Waals surface area contributed by atoms with Crippen molar-refractivity contribution in [3.05, 3.63) is 60.4 Å². The molecule has 4 rings (SSSR count). The van der Waals surface area contributed by atoms with Gasteiger partial charge in [0.1, 0.15) is 18.2 Å². The van der Waals surface area contributed by atoms with Gasteiger partial charge in [0.25, 0.3) is 0 Å². The van der Waals surface area contributed by atoms with Crippen LogP contribution in [0.15, 0.2) is 49.1 Å². The van der Waals surface area contributed by atoms with Crippen molar-refractivity contribution in [3.63, 3.8) is 0 Å². The van der Waals surface area contributed by atoms with Crippen LogP contribution in [-0.4, -0.2) is 53.7 Å². The highest BCUT2D eigenvalue weighted by molar-refractivity contribution is 5.80. The minimum absolute atomic E-state index is 0.0633. The molecule has 1 aromatic carbocycles. The van der Waals surface area contributed by atoms with Gasteiger partial charge in [0.2, 0.25) is 5.91 Å². The molecule has 1 aliphatic heterocycles. The third-order valence-electron chi connectivity index (χ3n) is 5.23. The van der Waals surface area contributed by atoms with Crippen LogP contribution in [0.3, 0.4) is 0 Å². The highest BCUT2D eigenvalue weighted by Crippen LogP contribution is 2.28. The molecule has 1 fully saturated rings. The molecular formula is C19H23N7O. The fourth-order valence-corrected chi connectivity index (χ4v) is 3.68. The van der Waals surface area contributed by atoms with Gasteiger partial charge in [0.15, 0.2) is 0 Å². The van der Waals surface area contributed by atoms with E-state index in [-0.39, 0.29) is 11.9 Å². The van der Waals surface area contributed by atoms with Gasteiger partial charge < -0.3 is 9.47 Å². The molecule has 1 amide bonds. The molecule has 0 bridgehead atoms. The van der Waals surface area contributed by atoms with Gasteiger partial charge in [-0.1, -0.05) is 30.3 Å². The molecule has 8 nitrogen and oxygen atoms in total. The van der Waals surface area contributed by atoms with Crippen LogP contribution in [0, 0.1) is 0 Å². The van der Waals surface area contributed by atoms with E-state index in [0.717, 1.165) is 38.3 Å². The number of hydrogen-bond donors (Lipinski definition) is 0. The summed E-state index contributed by atoms with van der Waals surface area (Å²) in [7, 11) is 0. The number of imidazole rings is 1. The lowest BCUT2D eigenvalue weighted by Crippen LogP contribution is -2.41. The van der Waals surface area contributed by atoms with E-state index < -0.39 is 0 Å². The normalized spacial score (nSPS) is 16.4. The van der Waals surface area contributed by atoms with Gasteiger partial charge in [0.05, 0.1) is 0 Å². The lowest BCUT2D eigenvalue weighted by Gasteiger charge is -2.33. The second-order valence-corrected chi connectivity index (χ2v) is 6.96. The highest BCUT2D eigenvalue weighted by Gasteiger charge is 2.29. The van der Waals surface area contributed by atoms with Crippen molar-refractivity contribution in [3.8, 4) is 0 Å². The maximum Gasteiger partial charge on any atom is 0.247 e. The average molecular weight is 365 g/mol. The molecule has 0 N–H and O–H groups in total. The summed E-state index contributed by atoms with van der Waals surface area (Å²) in [6.07, 6.45) is 7.23.